The molecule has 0 aliphatic carbocycles. The Morgan fingerprint density at radius 1 is 1.18 bits per heavy atom. The molecule has 0 saturated carbocycles. The van der Waals surface area contributed by atoms with E-state index in [1.54, 1.807) is 6.07 Å². The first-order chi connectivity index (χ1) is 8.19. The van der Waals surface area contributed by atoms with Gasteiger partial charge < -0.3 is 5.32 Å². The second-order valence-electron chi connectivity index (χ2n) is 3.89. The third kappa shape index (κ3) is 5.20. The highest BCUT2D eigenvalue weighted by Gasteiger charge is 2.06. The Hall–Kier alpha value is -1.05. The van der Waals surface area contributed by atoms with Gasteiger partial charge in [-0.1, -0.05) is 33.3 Å². The molecule has 0 bridgehead atoms. The number of nitrogens with one attached hydrogen (secondary N) is 1. The van der Waals surface area contributed by atoms with E-state index < -0.39 is 0 Å². The Morgan fingerprint density at radius 2 is 1.82 bits per heavy atom. The second-order valence-corrected chi connectivity index (χ2v) is 3.89. The van der Waals surface area contributed by atoms with Crippen LogP contribution >= 0.6 is 0 Å². The van der Waals surface area contributed by atoms with E-state index in [2.05, 4.69) is 12.2 Å². The summed E-state index contributed by atoms with van der Waals surface area (Å²) >= 11 is 0. The summed E-state index contributed by atoms with van der Waals surface area (Å²) in [6.45, 7) is 10.9. The number of unbranched alkanes of at least 4 members (excludes halogenated alkanes) is 1. The van der Waals surface area contributed by atoms with Gasteiger partial charge in [-0.3, -0.25) is 0 Å². The van der Waals surface area contributed by atoms with Crippen molar-refractivity contribution in [2.75, 3.05) is 11.9 Å². The Kier molecular flexibility index (Phi) is 8.47. The van der Waals surface area contributed by atoms with Gasteiger partial charge in [-0.2, -0.15) is 0 Å². The molecule has 0 heterocycles. The summed E-state index contributed by atoms with van der Waals surface area (Å²) in [6, 6.07) is 3.58. The Morgan fingerprint density at radius 3 is 2.35 bits per heavy atom. The molecule has 0 radical (unpaired) electrons. The van der Waals surface area contributed by atoms with Gasteiger partial charge in [-0.25, -0.2) is 4.39 Å². The van der Waals surface area contributed by atoms with Crippen molar-refractivity contribution in [1.29, 1.82) is 0 Å². The minimum absolute atomic E-state index is 0.119. The summed E-state index contributed by atoms with van der Waals surface area (Å²) in [7, 11) is 0. The van der Waals surface area contributed by atoms with E-state index in [0.717, 1.165) is 30.6 Å². The van der Waals surface area contributed by atoms with Crippen molar-refractivity contribution in [2.24, 2.45) is 0 Å². The summed E-state index contributed by atoms with van der Waals surface area (Å²) < 4.78 is 13.4. The van der Waals surface area contributed by atoms with Crippen molar-refractivity contribution in [3.63, 3.8) is 0 Å². The van der Waals surface area contributed by atoms with Gasteiger partial charge in [0.2, 0.25) is 0 Å². The largest absolute Gasteiger partial charge is 0.385 e. The molecule has 1 aromatic carbocycles. The molecular formula is C15H26FN. The summed E-state index contributed by atoms with van der Waals surface area (Å²) in [5.74, 6) is -0.119. The molecular weight excluding hydrogens is 213 g/mol. The molecule has 1 aromatic rings. The zero-order valence-electron chi connectivity index (χ0n) is 11.9. The first-order valence-corrected chi connectivity index (χ1v) is 6.72. The number of hydrogen-bond acceptors (Lipinski definition) is 1. The smallest absolute Gasteiger partial charge is 0.128 e. The standard InChI is InChI=1S/C13H20FN.C2H6/c1-4-6-7-11-8-10(3)12(14)9-13(11)15-5-2;1-2/h8-9,15H,4-7H2,1-3H3;1-2H3. The van der Waals surface area contributed by atoms with E-state index in [1.807, 2.05) is 33.8 Å². The first-order valence-electron chi connectivity index (χ1n) is 6.72. The third-order valence-corrected chi connectivity index (χ3v) is 2.55. The highest BCUT2D eigenvalue weighted by Crippen LogP contribution is 2.22. The zero-order chi connectivity index (χ0) is 13.3. The zero-order valence-corrected chi connectivity index (χ0v) is 11.9. The van der Waals surface area contributed by atoms with Crippen LogP contribution < -0.4 is 5.32 Å². The van der Waals surface area contributed by atoms with Crippen LogP contribution in [0.15, 0.2) is 12.1 Å². The fourth-order valence-corrected chi connectivity index (χ4v) is 1.67. The maximum absolute atomic E-state index is 13.4. The number of rotatable bonds is 5. The minimum atomic E-state index is -0.119. The van der Waals surface area contributed by atoms with Gasteiger partial charge in [0.25, 0.3) is 0 Å². The minimum Gasteiger partial charge on any atom is -0.385 e. The lowest BCUT2D eigenvalue weighted by molar-refractivity contribution is 0.617. The van der Waals surface area contributed by atoms with Gasteiger partial charge in [0.05, 0.1) is 0 Å². The maximum atomic E-state index is 13.4. The second kappa shape index (κ2) is 9.03. The van der Waals surface area contributed by atoms with E-state index in [0.29, 0.717) is 0 Å². The van der Waals surface area contributed by atoms with Gasteiger partial charge >= 0.3 is 0 Å². The van der Waals surface area contributed by atoms with Gasteiger partial charge in [0, 0.05) is 12.2 Å². The summed E-state index contributed by atoms with van der Waals surface area (Å²) in [5.41, 5.74) is 2.93. The molecule has 17 heavy (non-hydrogen) atoms. The Bertz CT molecular complexity index is 321. The molecule has 0 atom stereocenters. The Balaban J connectivity index is 0.00000121. The number of aryl methyl sites for hydroxylation is 2. The molecule has 0 aliphatic heterocycles. The van der Waals surface area contributed by atoms with Crippen molar-refractivity contribution in [3.05, 3.63) is 29.1 Å². The van der Waals surface area contributed by atoms with Crippen molar-refractivity contribution in [1.82, 2.24) is 0 Å². The molecule has 0 aromatic heterocycles. The fourth-order valence-electron chi connectivity index (χ4n) is 1.67. The molecule has 0 fully saturated rings. The average molecular weight is 239 g/mol. The number of anilines is 1. The van der Waals surface area contributed by atoms with Crippen LogP contribution in [0.3, 0.4) is 0 Å². The molecule has 1 N–H and O–H groups in total. The van der Waals surface area contributed by atoms with Crippen LogP contribution in [0.5, 0.6) is 0 Å². The highest BCUT2D eigenvalue weighted by atomic mass is 19.1. The topological polar surface area (TPSA) is 12.0 Å². The molecule has 0 saturated heterocycles. The van der Waals surface area contributed by atoms with Gasteiger partial charge in [-0.15, -0.1) is 0 Å². The predicted octanol–water partition coefficient (Wildman–Crippen LogP) is 4.93. The van der Waals surface area contributed by atoms with Crippen LogP contribution in [0.25, 0.3) is 0 Å². The van der Waals surface area contributed by atoms with E-state index in [4.69, 9.17) is 0 Å². The van der Waals surface area contributed by atoms with Gasteiger partial charge in [0.1, 0.15) is 5.82 Å². The summed E-state index contributed by atoms with van der Waals surface area (Å²) in [5, 5.41) is 3.21. The van der Waals surface area contributed by atoms with Crippen molar-refractivity contribution in [2.45, 2.75) is 53.9 Å². The average Bonchev–Trinajstić information content (AvgIpc) is 2.34. The normalized spacial score (nSPS) is 9.53. The SMILES string of the molecule is CC.CCCCc1cc(C)c(F)cc1NCC. The van der Waals surface area contributed by atoms with Crippen molar-refractivity contribution >= 4 is 5.69 Å². The first kappa shape index (κ1) is 16.0. The van der Waals surface area contributed by atoms with Gasteiger partial charge in [0.15, 0.2) is 0 Å². The lowest BCUT2D eigenvalue weighted by Gasteiger charge is -2.12. The molecule has 98 valence electrons. The molecule has 0 unspecified atom stereocenters. The highest BCUT2D eigenvalue weighted by molar-refractivity contribution is 5.53. The van der Waals surface area contributed by atoms with Crippen LogP contribution in [0.4, 0.5) is 10.1 Å². The van der Waals surface area contributed by atoms with E-state index >= 15 is 0 Å². The molecule has 1 rings (SSSR count). The molecule has 2 heteroatoms. The molecule has 1 nitrogen and oxygen atoms in total. The summed E-state index contributed by atoms with van der Waals surface area (Å²) in [4.78, 5) is 0. The van der Waals surface area contributed by atoms with Crippen LogP contribution in [0, 0.1) is 12.7 Å². The number of halogens is 1. The Labute approximate surface area is 105 Å². The van der Waals surface area contributed by atoms with Crippen LogP contribution in [-0.2, 0) is 6.42 Å². The molecule has 0 spiro atoms. The molecule has 0 aliphatic rings. The summed E-state index contributed by atoms with van der Waals surface area (Å²) in [6.07, 6.45) is 3.35. The van der Waals surface area contributed by atoms with Crippen molar-refractivity contribution < 1.29 is 4.39 Å². The quantitative estimate of drug-likeness (QED) is 0.767. The maximum Gasteiger partial charge on any atom is 0.128 e. The number of benzene rings is 1. The van der Waals surface area contributed by atoms with Crippen LogP contribution in [-0.4, -0.2) is 6.54 Å². The van der Waals surface area contributed by atoms with Gasteiger partial charge in [-0.05, 0) is 43.9 Å². The lowest BCUT2D eigenvalue weighted by Crippen LogP contribution is -2.02. The van der Waals surface area contributed by atoms with Crippen molar-refractivity contribution in [3.8, 4) is 0 Å². The van der Waals surface area contributed by atoms with Crippen LogP contribution in [0.1, 0.15) is 51.7 Å². The number of hydrogen-bond donors (Lipinski definition) is 1. The van der Waals surface area contributed by atoms with E-state index in [1.165, 1.54) is 12.0 Å². The van der Waals surface area contributed by atoms with E-state index in [9.17, 15) is 4.39 Å². The third-order valence-electron chi connectivity index (χ3n) is 2.55. The van der Waals surface area contributed by atoms with E-state index in [-0.39, 0.29) is 5.82 Å². The molecule has 0 amide bonds. The predicted molar refractivity (Wildman–Crippen MR) is 75.3 cm³/mol. The lowest BCUT2D eigenvalue weighted by atomic mass is 10.0. The van der Waals surface area contributed by atoms with Crippen LogP contribution in [0.2, 0.25) is 0 Å². The fraction of sp³-hybridized carbons (Fsp3) is 0.600. The monoisotopic (exact) mass is 239 g/mol.